The molecule has 4 heteroatoms. The molecule has 3 nitrogen and oxygen atoms in total. The first-order chi connectivity index (χ1) is 8.01. The van der Waals surface area contributed by atoms with Crippen molar-refractivity contribution in [1.29, 1.82) is 0 Å². The molecule has 0 saturated carbocycles. The lowest BCUT2D eigenvalue weighted by Gasteiger charge is -2.26. The summed E-state index contributed by atoms with van der Waals surface area (Å²) >= 11 is 0. The zero-order chi connectivity index (χ0) is 12.9. The van der Waals surface area contributed by atoms with E-state index in [1.54, 1.807) is 33.0 Å². The third kappa shape index (κ3) is 3.53. The van der Waals surface area contributed by atoms with Crippen molar-refractivity contribution in [3.05, 3.63) is 35.6 Å². The first kappa shape index (κ1) is 13.6. The van der Waals surface area contributed by atoms with E-state index in [1.807, 2.05) is 0 Å². The maximum Gasteiger partial charge on any atom is 0.326 e. The number of esters is 1. The molecule has 0 aliphatic heterocycles. The molecule has 0 aliphatic carbocycles. The zero-order valence-corrected chi connectivity index (χ0v) is 10.4. The molecule has 1 atom stereocenters. The minimum Gasteiger partial charge on any atom is -0.465 e. The van der Waals surface area contributed by atoms with Gasteiger partial charge in [-0.3, -0.25) is 4.79 Å². The monoisotopic (exact) mass is 239 g/mol. The van der Waals surface area contributed by atoms with Gasteiger partial charge in [0.15, 0.2) is 0 Å². The number of hydrogen-bond acceptors (Lipinski definition) is 3. The third-order valence-corrected chi connectivity index (χ3v) is 2.75. The van der Waals surface area contributed by atoms with E-state index in [2.05, 4.69) is 5.32 Å². The Bertz CT molecular complexity index is 378. The van der Waals surface area contributed by atoms with Crippen LogP contribution < -0.4 is 5.32 Å². The second-order valence-electron chi connectivity index (χ2n) is 4.11. The van der Waals surface area contributed by atoms with Crippen LogP contribution in [0.2, 0.25) is 0 Å². The highest BCUT2D eigenvalue weighted by atomic mass is 19.1. The van der Waals surface area contributed by atoms with Crippen LogP contribution in [-0.2, 0) is 16.0 Å². The van der Waals surface area contributed by atoms with Crippen LogP contribution in [0.1, 0.15) is 19.4 Å². The fourth-order valence-electron chi connectivity index (χ4n) is 1.56. The van der Waals surface area contributed by atoms with E-state index < -0.39 is 5.54 Å². The fraction of sp³-hybridized carbons (Fsp3) is 0.462. The van der Waals surface area contributed by atoms with Gasteiger partial charge in [0.2, 0.25) is 0 Å². The topological polar surface area (TPSA) is 38.3 Å². The first-order valence-electron chi connectivity index (χ1n) is 5.62. The summed E-state index contributed by atoms with van der Waals surface area (Å²) in [6.45, 7) is 3.89. The molecule has 1 rings (SSSR count). The van der Waals surface area contributed by atoms with Crippen molar-refractivity contribution in [2.75, 3.05) is 13.7 Å². The van der Waals surface area contributed by atoms with Crippen molar-refractivity contribution >= 4 is 5.97 Å². The van der Waals surface area contributed by atoms with Gasteiger partial charge >= 0.3 is 5.97 Å². The van der Waals surface area contributed by atoms with Crippen molar-refractivity contribution in [2.24, 2.45) is 0 Å². The van der Waals surface area contributed by atoms with E-state index in [0.717, 1.165) is 5.56 Å². The van der Waals surface area contributed by atoms with Crippen LogP contribution in [0.25, 0.3) is 0 Å². The normalized spacial score (nSPS) is 14.1. The van der Waals surface area contributed by atoms with Crippen LogP contribution in [0, 0.1) is 5.82 Å². The van der Waals surface area contributed by atoms with Gasteiger partial charge in [0.1, 0.15) is 11.4 Å². The van der Waals surface area contributed by atoms with E-state index in [9.17, 15) is 9.18 Å². The minimum absolute atomic E-state index is 0.281. The average Bonchev–Trinajstić information content (AvgIpc) is 2.32. The molecule has 0 spiro atoms. The van der Waals surface area contributed by atoms with Gasteiger partial charge in [0.25, 0.3) is 0 Å². The van der Waals surface area contributed by atoms with Gasteiger partial charge in [-0.1, -0.05) is 12.1 Å². The van der Waals surface area contributed by atoms with Crippen LogP contribution in [-0.4, -0.2) is 25.2 Å². The number of benzene rings is 1. The summed E-state index contributed by atoms with van der Waals surface area (Å²) in [6.07, 6.45) is 0.461. The summed E-state index contributed by atoms with van der Waals surface area (Å²) < 4.78 is 17.8. The Morgan fingerprint density at radius 3 is 2.47 bits per heavy atom. The van der Waals surface area contributed by atoms with Gasteiger partial charge in [-0.15, -0.1) is 0 Å². The SMILES string of the molecule is CCOC(=O)C(C)(Cc1ccc(F)cc1)NC. The second-order valence-corrected chi connectivity index (χ2v) is 4.11. The van der Waals surface area contributed by atoms with E-state index >= 15 is 0 Å². The number of likely N-dealkylation sites (N-methyl/N-ethyl adjacent to an activating group) is 1. The Hall–Kier alpha value is -1.42. The number of rotatable bonds is 5. The number of carbonyl (C=O) groups is 1. The van der Waals surface area contributed by atoms with Gasteiger partial charge in [-0.05, 0) is 38.6 Å². The lowest BCUT2D eigenvalue weighted by Crippen LogP contribution is -2.50. The lowest BCUT2D eigenvalue weighted by molar-refractivity contribution is -0.150. The molecule has 1 aromatic rings. The molecule has 1 unspecified atom stereocenters. The van der Waals surface area contributed by atoms with E-state index in [0.29, 0.717) is 13.0 Å². The van der Waals surface area contributed by atoms with E-state index in [-0.39, 0.29) is 11.8 Å². The van der Waals surface area contributed by atoms with Crippen LogP contribution in [0.5, 0.6) is 0 Å². The highest BCUT2D eigenvalue weighted by Gasteiger charge is 2.33. The van der Waals surface area contributed by atoms with Gasteiger partial charge in [0, 0.05) is 6.42 Å². The van der Waals surface area contributed by atoms with Crippen molar-refractivity contribution in [1.82, 2.24) is 5.32 Å². The highest BCUT2D eigenvalue weighted by Crippen LogP contribution is 2.15. The zero-order valence-electron chi connectivity index (χ0n) is 10.4. The summed E-state index contributed by atoms with van der Waals surface area (Å²) in [5.41, 5.74) is 0.102. The summed E-state index contributed by atoms with van der Waals surface area (Å²) in [5, 5.41) is 2.96. The standard InChI is InChI=1S/C13H18FNO2/c1-4-17-12(16)13(2,15-3)9-10-5-7-11(14)8-6-10/h5-8,15H,4,9H2,1-3H3. The summed E-state index contributed by atoms with van der Waals surface area (Å²) in [7, 11) is 1.71. The van der Waals surface area contributed by atoms with Gasteiger partial charge in [0.05, 0.1) is 6.61 Å². The smallest absolute Gasteiger partial charge is 0.326 e. The molecule has 1 aromatic carbocycles. The Kier molecular flexibility index (Phi) is 4.63. The average molecular weight is 239 g/mol. The number of carbonyl (C=O) groups excluding carboxylic acids is 1. The highest BCUT2D eigenvalue weighted by molar-refractivity contribution is 5.80. The fourth-order valence-corrected chi connectivity index (χ4v) is 1.56. The summed E-state index contributed by atoms with van der Waals surface area (Å²) in [6, 6.07) is 6.11. The van der Waals surface area contributed by atoms with E-state index in [4.69, 9.17) is 4.74 Å². The number of nitrogens with one attached hydrogen (secondary N) is 1. The Morgan fingerprint density at radius 2 is 2.00 bits per heavy atom. The van der Waals surface area contributed by atoms with Crippen LogP contribution in [0.3, 0.4) is 0 Å². The van der Waals surface area contributed by atoms with Crippen LogP contribution >= 0.6 is 0 Å². The first-order valence-corrected chi connectivity index (χ1v) is 5.62. The van der Waals surface area contributed by atoms with Crippen molar-refractivity contribution in [3.8, 4) is 0 Å². The van der Waals surface area contributed by atoms with Crippen molar-refractivity contribution in [3.63, 3.8) is 0 Å². The van der Waals surface area contributed by atoms with Crippen LogP contribution in [0.15, 0.2) is 24.3 Å². The number of halogens is 1. The summed E-state index contributed by atoms with van der Waals surface area (Å²) in [5.74, 6) is -0.581. The maximum atomic E-state index is 12.8. The molecule has 0 heterocycles. The Balaban J connectivity index is 2.81. The molecule has 94 valence electrons. The molecule has 0 aromatic heterocycles. The van der Waals surface area contributed by atoms with Gasteiger partial charge in [-0.25, -0.2) is 4.39 Å². The number of ether oxygens (including phenoxy) is 1. The molecular formula is C13H18FNO2. The molecular weight excluding hydrogens is 221 g/mol. The molecule has 0 saturated heterocycles. The van der Waals surface area contributed by atoms with E-state index in [1.165, 1.54) is 12.1 Å². The number of hydrogen-bond donors (Lipinski definition) is 1. The van der Waals surface area contributed by atoms with Crippen LogP contribution in [0.4, 0.5) is 4.39 Å². The molecule has 0 aliphatic rings. The van der Waals surface area contributed by atoms with Gasteiger partial charge < -0.3 is 10.1 Å². The minimum atomic E-state index is -0.784. The Labute approximate surface area is 101 Å². The second kappa shape index (κ2) is 5.77. The molecule has 1 N–H and O–H groups in total. The summed E-state index contributed by atoms with van der Waals surface area (Å²) in [4.78, 5) is 11.8. The molecule has 0 amide bonds. The predicted octanol–water partition coefficient (Wildman–Crippen LogP) is 1.91. The molecule has 0 fully saturated rings. The lowest BCUT2D eigenvalue weighted by atomic mass is 9.93. The molecule has 0 radical (unpaired) electrons. The third-order valence-electron chi connectivity index (χ3n) is 2.75. The maximum absolute atomic E-state index is 12.8. The van der Waals surface area contributed by atoms with Crippen molar-refractivity contribution < 1.29 is 13.9 Å². The largest absolute Gasteiger partial charge is 0.465 e. The van der Waals surface area contributed by atoms with Gasteiger partial charge in [-0.2, -0.15) is 0 Å². The quantitative estimate of drug-likeness (QED) is 0.798. The Morgan fingerprint density at radius 1 is 1.41 bits per heavy atom. The predicted molar refractivity (Wildman–Crippen MR) is 64.2 cm³/mol. The van der Waals surface area contributed by atoms with Crippen molar-refractivity contribution in [2.45, 2.75) is 25.8 Å². The molecule has 0 bridgehead atoms. The molecule has 17 heavy (non-hydrogen) atoms.